The molecule has 0 unspecified atom stereocenters. The summed E-state index contributed by atoms with van der Waals surface area (Å²) in [4.78, 5) is 49.5. The van der Waals surface area contributed by atoms with Gasteiger partial charge < -0.3 is 28.1 Å². The Morgan fingerprint density at radius 1 is 0.647 bits per heavy atom. The van der Waals surface area contributed by atoms with E-state index >= 15 is 17.6 Å². The molecule has 14 nitrogen and oxygen atoms in total. The van der Waals surface area contributed by atoms with Crippen LogP contribution < -0.4 is 0 Å². The molecule has 23 heteroatoms. The predicted molar refractivity (Wildman–Crippen MR) is 325 cm³/mol. The lowest BCUT2D eigenvalue weighted by Gasteiger charge is -2.19. The van der Waals surface area contributed by atoms with Crippen molar-refractivity contribution in [3.05, 3.63) is 141 Å². The number of hydrogen-bond acceptors (Lipinski definition) is 12. The topological polar surface area (TPSA) is 162 Å². The summed E-state index contributed by atoms with van der Waals surface area (Å²) in [6.07, 6.45) is 12.5. The molecule has 0 bridgehead atoms. The summed E-state index contributed by atoms with van der Waals surface area (Å²) in [5, 5.41) is 13.3. The normalized spacial score (nSPS) is 13.3. The number of alkyl halides is 1. The number of rotatable bonds is 19. The maximum atomic E-state index is 15.8. The molecule has 0 radical (unpaired) electrons. The summed E-state index contributed by atoms with van der Waals surface area (Å²) < 4.78 is 87.6. The van der Waals surface area contributed by atoms with Gasteiger partial charge in [0.25, 0.3) is 0 Å². The zero-order valence-electron chi connectivity index (χ0n) is 48.2. The predicted octanol–water partition coefficient (Wildman–Crippen LogP) is 17.1. The maximum Gasteiger partial charge on any atom is 0.341 e. The molecule has 85 heavy (non-hydrogen) atoms. The molecule has 1 N–H and O–H groups in total. The molecule has 0 saturated heterocycles. The molecular weight excluding hydrogens is 1250 g/mol. The molecule has 0 aliphatic heterocycles. The van der Waals surface area contributed by atoms with Crippen LogP contribution in [-0.4, -0.2) is 82.7 Å². The molecule has 4 heterocycles. The average Bonchev–Trinajstić information content (AvgIpc) is 1.65. The van der Waals surface area contributed by atoms with Gasteiger partial charge in [-0.05, 0) is 142 Å². The highest BCUT2D eigenvalue weighted by Crippen LogP contribution is 2.53. The van der Waals surface area contributed by atoms with E-state index in [1.807, 2.05) is 50.7 Å². The molecule has 452 valence electrons. The van der Waals surface area contributed by atoms with Crippen LogP contribution in [0.1, 0.15) is 151 Å². The number of fused-ring (bicyclic) bond motifs is 2. The first-order valence-electron chi connectivity index (χ1n) is 27.8. The number of nitrogens with zero attached hydrogens (tertiary/aromatic N) is 5. The molecule has 0 amide bonds. The van der Waals surface area contributed by atoms with E-state index in [1.54, 1.807) is 79.7 Å². The number of aromatic nitrogens is 6. The quantitative estimate of drug-likeness (QED) is 0.0354. The Morgan fingerprint density at radius 2 is 1.11 bits per heavy atom. The van der Waals surface area contributed by atoms with Gasteiger partial charge in [-0.25, -0.2) is 27.2 Å². The van der Waals surface area contributed by atoms with Crippen LogP contribution >= 0.6 is 62.7 Å². The molecule has 4 aromatic carbocycles. The van der Waals surface area contributed by atoms with Gasteiger partial charge in [-0.3, -0.25) is 19.4 Å². The fraction of sp³-hybridized carbons (Fsp3) is 0.387. The third-order valence-corrected chi connectivity index (χ3v) is 16.5. The van der Waals surface area contributed by atoms with Crippen molar-refractivity contribution in [3.8, 4) is 11.4 Å². The molecule has 2 aliphatic rings. The fourth-order valence-electron chi connectivity index (χ4n) is 9.27. The Morgan fingerprint density at radius 3 is 1.52 bits per heavy atom. The fourth-order valence-corrected chi connectivity index (χ4v) is 12.3. The summed E-state index contributed by atoms with van der Waals surface area (Å²) >= 11 is 18.0. The number of hydrogen-bond donors (Lipinski definition) is 1. The lowest BCUT2D eigenvalue weighted by atomic mass is 10.2. The van der Waals surface area contributed by atoms with Crippen molar-refractivity contribution in [2.24, 2.45) is 0 Å². The van der Waals surface area contributed by atoms with E-state index in [0.29, 0.717) is 51.9 Å². The summed E-state index contributed by atoms with van der Waals surface area (Å²) in [6, 6.07) is 15.7. The third kappa shape index (κ3) is 15.8. The highest BCUT2D eigenvalue weighted by Gasteiger charge is 2.37. The number of H-pyrrole nitrogens is 1. The number of aromatic amines is 1. The molecule has 2 fully saturated rings. The molecule has 0 atom stereocenters. The molecule has 2 saturated carbocycles. The molecule has 2 aliphatic carbocycles. The summed E-state index contributed by atoms with van der Waals surface area (Å²) in [7, 11) is 0. The van der Waals surface area contributed by atoms with Gasteiger partial charge in [0.2, 0.25) is 0 Å². The van der Waals surface area contributed by atoms with Gasteiger partial charge in [0.1, 0.15) is 11.2 Å². The van der Waals surface area contributed by atoms with Crippen molar-refractivity contribution < 1.29 is 55.7 Å². The first kappa shape index (κ1) is 64.7. The van der Waals surface area contributed by atoms with Crippen LogP contribution in [0.2, 0.25) is 10.0 Å². The number of esters is 4. The summed E-state index contributed by atoms with van der Waals surface area (Å²) in [5.74, 6) is -3.97. The van der Waals surface area contributed by atoms with E-state index in [1.165, 1.54) is 36.0 Å². The highest BCUT2D eigenvalue weighted by molar-refractivity contribution is 9.09. The number of ether oxygens (including phenoxy) is 4. The van der Waals surface area contributed by atoms with Crippen molar-refractivity contribution in [1.29, 1.82) is 0 Å². The van der Waals surface area contributed by atoms with Crippen LogP contribution in [0.4, 0.5) is 17.6 Å². The van der Waals surface area contributed by atoms with Gasteiger partial charge >= 0.3 is 23.9 Å². The molecular formula is C62H65BrCl2F4N6O8S2. The Balaban J connectivity index is 0.000000193. The van der Waals surface area contributed by atoms with Gasteiger partial charge in [-0.15, -0.1) is 0 Å². The van der Waals surface area contributed by atoms with Gasteiger partial charge in [0.15, 0.2) is 23.3 Å². The van der Waals surface area contributed by atoms with Gasteiger partial charge in [0.05, 0.1) is 69.2 Å². The zero-order chi connectivity index (χ0) is 61.5. The lowest BCUT2D eigenvalue weighted by Crippen LogP contribution is -2.23. The first-order valence-corrected chi connectivity index (χ1v) is 31.3. The molecule has 8 aromatic rings. The van der Waals surface area contributed by atoms with Gasteiger partial charge in [-0.2, -0.15) is 10.2 Å². The number of carbonyl (C=O) groups excluding carboxylic acids is 4. The Hall–Kier alpha value is -6.26. The maximum absolute atomic E-state index is 15.8. The van der Waals surface area contributed by atoms with E-state index in [2.05, 4.69) is 31.2 Å². The van der Waals surface area contributed by atoms with Crippen LogP contribution in [0, 0.1) is 23.3 Å². The lowest BCUT2D eigenvalue weighted by molar-refractivity contribution is -0.156. The molecule has 4 aromatic heterocycles. The molecule has 10 rings (SSSR count). The van der Waals surface area contributed by atoms with Crippen molar-refractivity contribution >= 4 is 108 Å². The van der Waals surface area contributed by atoms with E-state index < -0.39 is 40.8 Å². The van der Waals surface area contributed by atoms with Gasteiger partial charge in [-0.1, -0.05) is 74.8 Å². The second-order valence-electron chi connectivity index (χ2n) is 22.0. The number of halogens is 7. The number of carbonyl (C=O) groups is 4. The van der Waals surface area contributed by atoms with Crippen LogP contribution in [0.15, 0.2) is 105 Å². The van der Waals surface area contributed by atoms with Crippen molar-refractivity contribution in [2.45, 2.75) is 156 Å². The van der Waals surface area contributed by atoms with Crippen molar-refractivity contribution in [1.82, 2.24) is 29.1 Å². The SMILES string of the molecule is CC(C)(C)OC(=O)CCCBr.CCOC(=O)c1cccc(Sc2c(C3CC3)n(-c3cn[nH]c3)c3c(F)c(Cl)ccc23)c1F.CCOC(=O)c1cccc(Sc2c(C3CC3)n(-c3cnn(CCCC(=O)OC(C)(C)C)c3)c3c(F)c(Cl)ccc23)c1F. The van der Waals surface area contributed by atoms with Crippen molar-refractivity contribution in [3.63, 3.8) is 0 Å². The number of benzene rings is 4. The first-order chi connectivity index (χ1) is 40.4. The summed E-state index contributed by atoms with van der Waals surface area (Å²) in [6.45, 7) is 15.2. The number of nitrogens with one attached hydrogen (secondary N) is 1. The van der Waals surface area contributed by atoms with E-state index in [0.717, 1.165) is 65.5 Å². The monoisotopic (exact) mass is 1310 g/mol. The third-order valence-electron chi connectivity index (χ3n) is 13.0. The van der Waals surface area contributed by atoms with Gasteiger partial charge in [0, 0.05) is 90.7 Å². The Kier molecular flexibility index (Phi) is 21.4. The van der Waals surface area contributed by atoms with E-state index in [4.69, 9.17) is 42.1 Å². The van der Waals surface area contributed by atoms with Crippen LogP contribution in [0.5, 0.6) is 0 Å². The van der Waals surface area contributed by atoms with E-state index in [9.17, 15) is 19.2 Å². The molecule has 0 spiro atoms. The zero-order valence-corrected chi connectivity index (χ0v) is 52.9. The second-order valence-corrected chi connectivity index (χ2v) is 25.7. The standard InChI is InChI=1S/C31H32ClF2N3O4S.C23H18ClF2N3O2S.C8H15BrO2/c1-5-40-30(39)20-8-6-9-23(25(20)33)42-29-21-13-14-22(32)26(34)28(21)37(27(29)18-11-12-18)19-16-35-36(17-19)15-7-10-24(38)41-31(2,3)4;1-2-31-23(30)14-4-3-5-17(18(14)25)32-22-15-8-9-16(24)19(26)21(15)29(13-10-27-28-11-13)20(22)12-6-7-12;1-8(2,3)11-7(10)5-4-6-9/h6,8-9,13-14,16-18H,5,7,10-12,15H2,1-4H3;3-5,8-12H,2,6-7H2,1H3,(H,27,28);4-6H2,1-3H3. The Labute approximate surface area is 517 Å². The minimum atomic E-state index is -0.737. The summed E-state index contributed by atoms with van der Waals surface area (Å²) in [5.41, 5.74) is 2.46. The highest BCUT2D eigenvalue weighted by atomic mass is 79.9. The minimum Gasteiger partial charge on any atom is -0.462 e. The van der Waals surface area contributed by atoms with E-state index in [-0.39, 0.29) is 85.5 Å². The second kappa shape index (κ2) is 28.1. The van der Waals surface area contributed by atoms with Crippen LogP contribution in [0.25, 0.3) is 33.2 Å². The number of aryl methyl sites for hydroxylation is 1. The van der Waals surface area contributed by atoms with Crippen LogP contribution in [-0.2, 0) is 35.1 Å². The largest absolute Gasteiger partial charge is 0.462 e. The average molecular weight is 1310 g/mol. The minimum absolute atomic E-state index is 0.00845. The smallest absolute Gasteiger partial charge is 0.341 e. The van der Waals surface area contributed by atoms with Crippen molar-refractivity contribution in [2.75, 3.05) is 18.5 Å². The Bertz CT molecular complexity index is 3740. The van der Waals surface area contributed by atoms with Crippen LogP contribution in [0.3, 0.4) is 0 Å².